The van der Waals surface area contributed by atoms with E-state index in [1.807, 2.05) is 11.0 Å². The molecule has 3 rings (SSSR count). The van der Waals surface area contributed by atoms with Crippen molar-refractivity contribution in [2.24, 2.45) is 0 Å². The number of rotatable bonds is 10. The number of nitrogens with zero attached hydrogens (tertiary/aromatic N) is 1. The summed E-state index contributed by atoms with van der Waals surface area (Å²) in [4.78, 5) is 26.1. The summed E-state index contributed by atoms with van der Waals surface area (Å²) in [6.45, 7) is 1.28. The Morgan fingerprint density at radius 2 is 1.81 bits per heavy atom. The SMILES string of the molecule is O=C(C[C@H]1Cc2cccc(C(=O)O)c2OB1O)c1cccc(CN(CCO)CCO)c1. The largest absolute Gasteiger partial charge is 0.535 e. The first kappa shape index (κ1) is 23.0. The normalized spacial score (nSPS) is 15.5. The number of carboxylic acid groups (broad SMARTS) is 1. The number of aliphatic hydroxyl groups is 2. The summed E-state index contributed by atoms with van der Waals surface area (Å²) in [5, 5.41) is 38.0. The van der Waals surface area contributed by atoms with Gasteiger partial charge >= 0.3 is 13.1 Å². The topological polar surface area (TPSA) is 128 Å². The number of hydrogen-bond donors (Lipinski definition) is 4. The van der Waals surface area contributed by atoms with Crippen molar-refractivity contribution in [1.29, 1.82) is 0 Å². The fraction of sp³-hybridized carbons (Fsp3) is 0.364. The molecule has 9 heteroatoms. The molecule has 2 aromatic rings. The third-order valence-electron chi connectivity index (χ3n) is 5.39. The lowest BCUT2D eigenvalue weighted by molar-refractivity contribution is 0.0693. The number of carbonyl (C=O) groups is 2. The Morgan fingerprint density at radius 1 is 1.10 bits per heavy atom. The third-order valence-corrected chi connectivity index (χ3v) is 5.39. The zero-order valence-corrected chi connectivity index (χ0v) is 17.1. The number of ketones is 1. The Bertz CT molecular complexity index is 930. The highest BCUT2D eigenvalue weighted by atomic mass is 16.5. The van der Waals surface area contributed by atoms with Gasteiger partial charge in [0.15, 0.2) is 5.78 Å². The Kier molecular flexibility index (Phi) is 7.81. The van der Waals surface area contributed by atoms with Gasteiger partial charge in [0.1, 0.15) is 5.75 Å². The lowest BCUT2D eigenvalue weighted by atomic mass is 9.64. The van der Waals surface area contributed by atoms with Gasteiger partial charge in [0.05, 0.1) is 18.8 Å². The van der Waals surface area contributed by atoms with Gasteiger partial charge in [0.2, 0.25) is 0 Å². The molecule has 0 fully saturated rings. The number of benzene rings is 2. The number of aliphatic hydroxyl groups excluding tert-OH is 2. The van der Waals surface area contributed by atoms with Gasteiger partial charge in [-0.05, 0) is 29.7 Å². The molecule has 0 unspecified atom stereocenters. The number of hydrogen-bond acceptors (Lipinski definition) is 7. The van der Waals surface area contributed by atoms with Crippen LogP contribution in [0.5, 0.6) is 5.75 Å². The fourth-order valence-electron chi connectivity index (χ4n) is 3.84. The lowest BCUT2D eigenvalue weighted by Crippen LogP contribution is -2.35. The zero-order chi connectivity index (χ0) is 22.4. The first-order valence-electron chi connectivity index (χ1n) is 10.2. The summed E-state index contributed by atoms with van der Waals surface area (Å²) in [5.41, 5.74) is 2.03. The van der Waals surface area contributed by atoms with Crippen LogP contribution in [0.15, 0.2) is 42.5 Å². The van der Waals surface area contributed by atoms with Crippen LogP contribution in [-0.4, -0.2) is 70.4 Å². The summed E-state index contributed by atoms with van der Waals surface area (Å²) >= 11 is 0. The summed E-state index contributed by atoms with van der Waals surface area (Å²) in [6, 6.07) is 11.9. The standard InChI is InChI=1S/C22H26BNO7/c25-9-7-24(8-10-26)14-15-3-1-4-16(11-15)20(27)13-18-12-17-5-2-6-19(22(28)29)21(17)31-23(18)30/h1-6,11,18,25-26,30H,7-10,12-14H2,(H,28,29)/t18-/m1/s1. The van der Waals surface area contributed by atoms with Crippen molar-refractivity contribution in [3.05, 3.63) is 64.7 Å². The number of Topliss-reactive ketones (excluding diaryl/α,β-unsaturated/α-hetero) is 1. The summed E-state index contributed by atoms with van der Waals surface area (Å²) in [7, 11) is -1.27. The molecule has 1 heterocycles. The van der Waals surface area contributed by atoms with Crippen molar-refractivity contribution in [2.45, 2.75) is 25.2 Å². The summed E-state index contributed by atoms with van der Waals surface area (Å²) in [6.07, 6.45) is 0.391. The maximum absolute atomic E-state index is 12.9. The van der Waals surface area contributed by atoms with Crippen molar-refractivity contribution < 1.29 is 34.6 Å². The van der Waals surface area contributed by atoms with Gasteiger partial charge in [-0.2, -0.15) is 0 Å². The lowest BCUT2D eigenvalue weighted by Gasteiger charge is -2.28. The quantitative estimate of drug-likeness (QED) is 0.329. The predicted octanol–water partition coefficient (Wildman–Crippen LogP) is 1.23. The van der Waals surface area contributed by atoms with Crippen LogP contribution in [0.3, 0.4) is 0 Å². The van der Waals surface area contributed by atoms with E-state index in [1.54, 1.807) is 30.3 Å². The molecular formula is C22H26BNO7. The van der Waals surface area contributed by atoms with E-state index in [4.69, 9.17) is 14.9 Å². The molecule has 1 aliphatic rings. The molecule has 2 aromatic carbocycles. The highest BCUT2D eigenvalue weighted by molar-refractivity contribution is 6.47. The molecule has 0 aromatic heterocycles. The van der Waals surface area contributed by atoms with Gasteiger partial charge in [0.25, 0.3) is 0 Å². The van der Waals surface area contributed by atoms with Crippen LogP contribution >= 0.6 is 0 Å². The van der Waals surface area contributed by atoms with Gasteiger partial charge in [-0.1, -0.05) is 30.3 Å². The number of para-hydroxylation sites is 1. The second-order valence-electron chi connectivity index (χ2n) is 7.62. The van der Waals surface area contributed by atoms with E-state index in [9.17, 15) is 19.7 Å². The van der Waals surface area contributed by atoms with Crippen molar-refractivity contribution >= 4 is 18.9 Å². The molecule has 0 bridgehead atoms. The van der Waals surface area contributed by atoms with Crippen LogP contribution in [0.25, 0.3) is 0 Å². The van der Waals surface area contributed by atoms with Gasteiger partial charge in [-0.15, -0.1) is 0 Å². The Labute approximate surface area is 180 Å². The predicted molar refractivity (Wildman–Crippen MR) is 114 cm³/mol. The molecule has 0 saturated carbocycles. The van der Waals surface area contributed by atoms with E-state index in [0.717, 1.165) is 5.56 Å². The first-order valence-corrected chi connectivity index (χ1v) is 10.2. The molecule has 0 amide bonds. The highest BCUT2D eigenvalue weighted by Gasteiger charge is 2.37. The summed E-state index contributed by atoms with van der Waals surface area (Å²) in [5.74, 6) is -1.62. The minimum Gasteiger partial charge on any atom is -0.535 e. The monoisotopic (exact) mass is 427 g/mol. The Hall–Kier alpha value is -2.72. The van der Waals surface area contributed by atoms with E-state index >= 15 is 0 Å². The Morgan fingerprint density at radius 3 is 2.48 bits per heavy atom. The first-order chi connectivity index (χ1) is 14.9. The zero-order valence-electron chi connectivity index (χ0n) is 17.1. The number of aromatic carboxylic acids is 1. The number of carboxylic acids is 1. The van der Waals surface area contributed by atoms with Crippen molar-refractivity contribution in [1.82, 2.24) is 4.90 Å². The molecule has 164 valence electrons. The maximum Gasteiger partial charge on any atom is 0.526 e. The number of carbonyl (C=O) groups excluding carboxylic acids is 1. The van der Waals surface area contributed by atoms with E-state index in [2.05, 4.69) is 0 Å². The minimum absolute atomic E-state index is 0.00987. The van der Waals surface area contributed by atoms with E-state index in [1.165, 1.54) is 6.07 Å². The molecule has 1 atom stereocenters. The van der Waals surface area contributed by atoms with Crippen LogP contribution in [0.4, 0.5) is 0 Å². The maximum atomic E-state index is 12.9. The van der Waals surface area contributed by atoms with Gasteiger partial charge in [-0.25, -0.2) is 4.79 Å². The van der Waals surface area contributed by atoms with Crippen LogP contribution in [0.1, 0.15) is 38.3 Å². The molecule has 0 saturated heterocycles. The molecule has 31 heavy (non-hydrogen) atoms. The Balaban J connectivity index is 1.70. The van der Waals surface area contributed by atoms with Gasteiger partial charge in [-0.3, -0.25) is 9.69 Å². The van der Waals surface area contributed by atoms with Gasteiger partial charge in [0, 0.05) is 37.4 Å². The smallest absolute Gasteiger partial charge is 0.526 e. The molecule has 0 aliphatic carbocycles. The van der Waals surface area contributed by atoms with Crippen molar-refractivity contribution in [2.75, 3.05) is 26.3 Å². The fourth-order valence-corrected chi connectivity index (χ4v) is 3.84. The number of fused-ring (bicyclic) bond motifs is 1. The second-order valence-corrected chi connectivity index (χ2v) is 7.62. The van der Waals surface area contributed by atoms with Crippen LogP contribution < -0.4 is 4.65 Å². The van der Waals surface area contributed by atoms with E-state index in [0.29, 0.717) is 37.2 Å². The molecule has 0 spiro atoms. The van der Waals surface area contributed by atoms with Crippen LogP contribution in [0.2, 0.25) is 5.82 Å². The molecule has 4 N–H and O–H groups in total. The average Bonchev–Trinajstić information content (AvgIpc) is 2.74. The van der Waals surface area contributed by atoms with E-state index in [-0.39, 0.29) is 36.7 Å². The molecular weight excluding hydrogens is 401 g/mol. The summed E-state index contributed by atoms with van der Waals surface area (Å²) < 4.78 is 5.47. The minimum atomic E-state index is -1.27. The second kappa shape index (κ2) is 10.5. The van der Waals surface area contributed by atoms with Crippen LogP contribution in [0, 0.1) is 0 Å². The van der Waals surface area contributed by atoms with Gasteiger partial charge < -0.3 is 25.0 Å². The van der Waals surface area contributed by atoms with Crippen molar-refractivity contribution in [3.63, 3.8) is 0 Å². The highest BCUT2D eigenvalue weighted by Crippen LogP contribution is 2.36. The molecule has 8 nitrogen and oxygen atoms in total. The average molecular weight is 427 g/mol. The molecule has 1 aliphatic heterocycles. The van der Waals surface area contributed by atoms with Crippen molar-refractivity contribution in [3.8, 4) is 5.75 Å². The van der Waals surface area contributed by atoms with Crippen LogP contribution in [-0.2, 0) is 13.0 Å². The van der Waals surface area contributed by atoms with E-state index < -0.39 is 18.9 Å². The third kappa shape index (κ3) is 5.71. The molecule has 0 radical (unpaired) electrons.